The van der Waals surface area contributed by atoms with E-state index >= 15 is 0 Å². The van der Waals surface area contributed by atoms with Gasteiger partial charge in [-0.15, -0.1) is 0 Å². The summed E-state index contributed by atoms with van der Waals surface area (Å²) in [6.07, 6.45) is 4.40. The fraction of sp³-hybridized carbons (Fsp3) is 0.571. The molecule has 0 bridgehead atoms. The van der Waals surface area contributed by atoms with Gasteiger partial charge in [0.15, 0.2) is 0 Å². The van der Waals surface area contributed by atoms with Crippen LogP contribution in [0.15, 0.2) is 24.3 Å². The third-order valence-electron chi connectivity index (χ3n) is 5.54. The van der Waals surface area contributed by atoms with Crippen molar-refractivity contribution in [1.29, 1.82) is 5.41 Å². The Morgan fingerprint density at radius 1 is 1.14 bits per heavy atom. The van der Waals surface area contributed by atoms with Crippen molar-refractivity contribution >= 4 is 17.6 Å². The number of amidine groups is 1. The molecule has 1 saturated carbocycles. The fourth-order valence-corrected chi connectivity index (χ4v) is 3.61. The maximum Gasteiger partial charge on any atom is 0.251 e. The van der Waals surface area contributed by atoms with Crippen molar-refractivity contribution in [2.45, 2.75) is 45.6 Å². The molecule has 1 aliphatic rings. The third kappa shape index (κ3) is 6.05. The normalized spacial score (nSPS) is 20.4. The summed E-state index contributed by atoms with van der Waals surface area (Å²) in [6.45, 7) is 5.19. The van der Waals surface area contributed by atoms with Crippen molar-refractivity contribution < 1.29 is 9.59 Å². The average Bonchev–Trinajstić information content (AvgIpc) is 2.70. The zero-order valence-electron chi connectivity index (χ0n) is 16.8. The molecule has 0 spiro atoms. The highest BCUT2D eigenvalue weighted by Crippen LogP contribution is 2.27. The topological polar surface area (TPSA) is 134 Å². The zero-order valence-corrected chi connectivity index (χ0v) is 16.8. The fourth-order valence-electron chi connectivity index (χ4n) is 3.61. The lowest BCUT2D eigenvalue weighted by atomic mass is 9.82. The van der Waals surface area contributed by atoms with Crippen LogP contribution in [-0.4, -0.2) is 36.8 Å². The quantitative estimate of drug-likeness (QED) is 0.342. The first-order valence-corrected chi connectivity index (χ1v) is 10.0. The highest BCUT2D eigenvalue weighted by Gasteiger charge is 2.26. The van der Waals surface area contributed by atoms with Gasteiger partial charge in [-0.25, -0.2) is 0 Å². The van der Waals surface area contributed by atoms with Crippen molar-refractivity contribution in [3.8, 4) is 0 Å². The standard InChI is InChI=1S/C21H33N5O2/c1-13(2)18(21(28)25-12-15-8-6-14(11-22)7-9-15)26-20(27)17-5-3-4-16(10-17)19(23)24/h3-5,10,13-15,18H,6-9,11-12,22H2,1-2H3,(H3,23,24)(H,25,28)(H,26,27)/t14?,15?,18-/m0/s1. The molecule has 1 atom stereocenters. The van der Waals surface area contributed by atoms with E-state index in [0.29, 0.717) is 29.5 Å². The summed E-state index contributed by atoms with van der Waals surface area (Å²) in [4.78, 5) is 25.3. The molecule has 1 aromatic rings. The second kappa shape index (κ2) is 10.2. The van der Waals surface area contributed by atoms with Gasteiger partial charge in [0.1, 0.15) is 11.9 Å². The highest BCUT2D eigenvalue weighted by molar-refractivity contribution is 6.01. The van der Waals surface area contributed by atoms with E-state index in [4.69, 9.17) is 16.9 Å². The molecule has 7 N–H and O–H groups in total. The molecule has 2 amide bonds. The number of nitrogens with one attached hydrogen (secondary N) is 3. The van der Waals surface area contributed by atoms with Gasteiger partial charge in [0.05, 0.1) is 0 Å². The second-order valence-corrected chi connectivity index (χ2v) is 8.06. The van der Waals surface area contributed by atoms with Crippen LogP contribution in [0.25, 0.3) is 0 Å². The Morgan fingerprint density at radius 3 is 2.32 bits per heavy atom. The molecule has 0 saturated heterocycles. The van der Waals surface area contributed by atoms with E-state index in [2.05, 4.69) is 10.6 Å². The molecule has 1 aromatic carbocycles. The molecule has 0 unspecified atom stereocenters. The predicted octanol–water partition coefficient (Wildman–Crippen LogP) is 1.61. The van der Waals surface area contributed by atoms with Crippen LogP contribution in [0.5, 0.6) is 0 Å². The number of nitrogen functional groups attached to an aromatic ring is 1. The van der Waals surface area contributed by atoms with Crippen molar-refractivity contribution in [1.82, 2.24) is 10.6 Å². The molecule has 0 aromatic heterocycles. The maximum atomic E-state index is 12.7. The van der Waals surface area contributed by atoms with Gasteiger partial charge < -0.3 is 22.1 Å². The van der Waals surface area contributed by atoms with Gasteiger partial charge in [0.25, 0.3) is 5.91 Å². The van der Waals surface area contributed by atoms with Crippen LogP contribution < -0.4 is 22.1 Å². The molecule has 28 heavy (non-hydrogen) atoms. The molecule has 0 heterocycles. The molecule has 0 radical (unpaired) electrons. The zero-order chi connectivity index (χ0) is 20.7. The molecule has 7 heteroatoms. The van der Waals surface area contributed by atoms with E-state index in [1.54, 1.807) is 24.3 Å². The molecule has 0 aliphatic heterocycles. The van der Waals surface area contributed by atoms with Crippen molar-refractivity contribution in [2.75, 3.05) is 13.1 Å². The van der Waals surface area contributed by atoms with Crippen molar-refractivity contribution in [2.24, 2.45) is 29.2 Å². The van der Waals surface area contributed by atoms with Crippen LogP contribution in [0.2, 0.25) is 0 Å². The smallest absolute Gasteiger partial charge is 0.251 e. The van der Waals surface area contributed by atoms with Gasteiger partial charge in [0, 0.05) is 17.7 Å². The van der Waals surface area contributed by atoms with Crippen LogP contribution >= 0.6 is 0 Å². The summed E-state index contributed by atoms with van der Waals surface area (Å²) >= 11 is 0. The minimum absolute atomic E-state index is 0.0482. The molecule has 1 aliphatic carbocycles. The van der Waals surface area contributed by atoms with Crippen molar-refractivity contribution in [3.63, 3.8) is 0 Å². The third-order valence-corrected chi connectivity index (χ3v) is 5.54. The lowest BCUT2D eigenvalue weighted by Crippen LogP contribution is -2.50. The van der Waals surface area contributed by atoms with Gasteiger partial charge in [-0.2, -0.15) is 0 Å². The van der Waals surface area contributed by atoms with E-state index in [0.717, 1.165) is 32.2 Å². The maximum absolute atomic E-state index is 12.7. The molecule has 154 valence electrons. The summed E-state index contributed by atoms with van der Waals surface area (Å²) < 4.78 is 0. The van der Waals surface area contributed by atoms with E-state index in [1.165, 1.54) is 0 Å². The Balaban J connectivity index is 1.93. The number of carbonyl (C=O) groups is 2. The number of hydrogen-bond acceptors (Lipinski definition) is 4. The Bertz CT molecular complexity index is 696. The molecule has 7 nitrogen and oxygen atoms in total. The number of carbonyl (C=O) groups excluding carboxylic acids is 2. The second-order valence-electron chi connectivity index (χ2n) is 8.06. The summed E-state index contributed by atoms with van der Waals surface area (Å²) in [5, 5.41) is 13.3. The average molecular weight is 388 g/mol. The highest BCUT2D eigenvalue weighted by atomic mass is 16.2. The first-order chi connectivity index (χ1) is 13.3. The number of rotatable bonds is 8. The van der Waals surface area contributed by atoms with Crippen LogP contribution in [0.1, 0.15) is 55.5 Å². The minimum atomic E-state index is -0.617. The van der Waals surface area contributed by atoms with E-state index in [-0.39, 0.29) is 23.6 Å². The van der Waals surface area contributed by atoms with Crippen LogP contribution in [0.3, 0.4) is 0 Å². The van der Waals surface area contributed by atoms with Gasteiger partial charge in [-0.3, -0.25) is 15.0 Å². The Kier molecular flexibility index (Phi) is 7.99. The number of hydrogen-bond donors (Lipinski definition) is 5. The summed E-state index contributed by atoms with van der Waals surface area (Å²) in [5.74, 6) is 0.431. The molecule has 2 rings (SSSR count). The van der Waals surface area contributed by atoms with E-state index in [9.17, 15) is 9.59 Å². The van der Waals surface area contributed by atoms with Gasteiger partial charge in [0.2, 0.25) is 5.91 Å². The Morgan fingerprint density at radius 2 is 1.75 bits per heavy atom. The Hall–Kier alpha value is -2.41. The summed E-state index contributed by atoms with van der Waals surface area (Å²) in [5.41, 5.74) is 12.1. The lowest BCUT2D eigenvalue weighted by Gasteiger charge is -2.29. The van der Waals surface area contributed by atoms with Gasteiger partial charge >= 0.3 is 0 Å². The largest absolute Gasteiger partial charge is 0.384 e. The van der Waals surface area contributed by atoms with E-state index < -0.39 is 6.04 Å². The monoisotopic (exact) mass is 387 g/mol. The van der Waals surface area contributed by atoms with Crippen molar-refractivity contribution in [3.05, 3.63) is 35.4 Å². The number of nitrogens with two attached hydrogens (primary N) is 2. The number of amides is 2. The predicted molar refractivity (Wildman–Crippen MR) is 111 cm³/mol. The summed E-state index contributed by atoms with van der Waals surface area (Å²) in [6, 6.07) is 5.93. The first kappa shape index (κ1) is 21.9. The SMILES string of the molecule is CC(C)[C@H](NC(=O)c1cccc(C(=N)N)c1)C(=O)NCC1CCC(CN)CC1. The first-order valence-electron chi connectivity index (χ1n) is 10.0. The molecular weight excluding hydrogens is 354 g/mol. The lowest BCUT2D eigenvalue weighted by molar-refractivity contribution is -0.124. The Labute approximate surface area is 167 Å². The van der Waals surface area contributed by atoms with Crippen LogP contribution in [0, 0.1) is 23.2 Å². The van der Waals surface area contributed by atoms with Crippen LogP contribution in [0.4, 0.5) is 0 Å². The van der Waals surface area contributed by atoms with E-state index in [1.807, 2.05) is 13.8 Å². The minimum Gasteiger partial charge on any atom is -0.384 e. The molecular formula is C21H33N5O2. The summed E-state index contributed by atoms with van der Waals surface area (Å²) in [7, 11) is 0. The number of benzene rings is 1. The van der Waals surface area contributed by atoms with Gasteiger partial charge in [-0.05, 0) is 62.1 Å². The van der Waals surface area contributed by atoms with Crippen LogP contribution in [-0.2, 0) is 4.79 Å². The van der Waals surface area contributed by atoms with Gasteiger partial charge in [-0.1, -0.05) is 26.0 Å². The molecule has 1 fully saturated rings.